The van der Waals surface area contributed by atoms with Crippen molar-refractivity contribution in [1.82, 2.24) is 10.1 Å². The Morgan fingerprint density at radius 3 is 2.46 bits per heavy atom. The van der Waals surface area contributed by atoms with Gasteiger partial charge in [0.25, 0.3) is 0 Å². The minimum Gasteiger partial charge on any atom is -0.464 e. The van der Waals surface area contributed by atoms with Gasteiger partial charge in [0.1, 0.15) is 11.5 Å². The molecule has 2 fully saturated rings. The maximum atomic E-state index is 6.44. The predicted octanol–water partition coefficient (Wildman–Crippen LogP) is 4.20. The minimum atomic E-state index is -0.132. The van der Waals surface area contributed by atoms with Gasteiger partial charge < -0.3 is 19.1 Å². The Hall–Kier alpha value is -2.01. The van der Waals surface area contributed by atoms with Crippen LogP contribution in [0.2, 0.25) is 0 Å². The van der Waals surface area contributed by atoms with E-state index in [0.29, 0.717) is 18.1 Å². The molecule has 1 aromatic heterocycles. The predicted molar refractivity (Wildman–Crippen MR) is 100 cm³/mol. The molecular formula is C21H27N3O2. The summed E-state index contributed by atoms with van der Waals surface area (Å²) < 4.78 is 11.9. The molecule has 0 N–H and O–H groups in total. The second kappa shape index (κ2) is 6.02. The van der Waals surface area contributed by atoms with Crippen LogP contribution in [0, 0.1) is 13.8 Å². The number of anilines is 1. The summed E-state index contributed by atoms with van der Waals surface area (Å²) in [6.07, 6.45) is 6.26. The van der Waals surface area contributed by atoms with Gasteiger partial charge in [0, 0.05) is 18.1 Å². The van der Waals surface area contributed by atoms with Gasteiger partial charge in [-0.2, -0.15) is 0 Å². The number of aromatic nitrogens is 1. The Morgan fingerprint density at radius 1 is 1.04 bits per heavy atom. The summed E-state index contributed by atoms with van der Waals surface area (Å²) in [5.74, 6) is 1.83. The highest BCUT2D eigenvalue weighted by atomic mass is 16.5. The molecule has 0 spiro atoms. The molecule has 3 aliphatic rings. The first-order chi connectivity index (χ1) is 12.6. The van der Waals surface area contributed by atoms with E-state index in [2.05, 4.69) is 46.3 Å². The van der Waals surface area contributed by atoms with E-state index in [1.807, 2.05) is 13.8 Å². The highest BCUT2D eigenvalue weighted by molar-refractivity contribution is 5.64. The molecule has 4 heterocycles. The summed E-state index contributed by atoms with van der Waals surface area (Å²) in [6.45, 7) is 4.00. The molecule has 138 valence electrons. The van der Waals surface area contributed by atoms with Crippen molar-refractivity contribution in [2.45, 2.75) is 70.3 Å². The molecule has 0 radical (unpaired) electrons. The summed E-state index contributed by atoms with van der Waals surface area (Å²) in [5.41, 5.74) is 3.23. The molecule has 2 aromatic rings. The van der Waals surface area contributed by atoms with Crippen molar-refractivity contribution in [3.05, 3.63) is 41.3 Å². The molecule has 0 saturated carbocycles. The maximum Gasteiger partial charge on any atom is 0.204 e. The van der Waals surface area contributed by atoms with Gasteiger partial charge in [0.2, 0.25) is 6.23 Å². The molecule has 5 nitrogen and oxygen atoms in total. The van der Waals surface area contributed by atoms with Crippen LogP contribution in [0.5, 0.6) is 5.75 Å². The maximum absolute atomic E-state index is 6.44. The first-order valence-electron chi connectivity index (χ1n) is 9.82. The topological polar surface area (TPSA) is 41.7 Å². The summed E-state index contributed by atoms with van der Waals surface area (Å²) in [4.78, 5) is 5.13. The third kappa shape index (κ3) is 2.37. The lowest BCUT2D eigenvalue weighted by molar-refractivity contribution is 0.0481. The first kappa shape index (κ1) is 16.2. The van der Waals surface area contributed by atoms with E-state index in [1.54, 1.807) is 0 Å². The third-order valence-electron chi connectivity index (χ3n) is 6.68. The van der Waals surface area contributed by atoms with Crippen molar-refractivity contribution in [2.24, 2.45) is 0 Å². The van der Waals surface area contributed by atoms with E-state index >= 15 is 0 Å². The largest absolute Gasteiger partial charge is 0.464 e. The molecule has 0 aliphatic carbocycles. The summed E-state index contributed by atoms with van der Waals surface area (Å²) in [7, 11) is 2.31. The summed E-state index contributed by atoms with van der Waals surface area (Å²) in [5, 5.41) is 4.18. The zero-order chi connectivity index (χ0) is 17.8. The van der Waals surface area contributed by atoms with Crippen molar-refractivity contribution in [2.75, 3.05) is 11.9 Å². The van der Waals surface area contributed by atoms with Crippen LogP contribution in [0.25, 0.3) is 0 Å². The standard InChI is InChI=1S/C21H27N3O2/c1-13-20(14(2)26-22-13)21-24(18-9-4-5-10-19(18)25-21)17-11-15-7-6-8-16(12-17)23(15)3/h4-5,9-10,15-17,21H,6-8,11-12H2,1-3H3. The molecule has 5 heteroatoms. The third-order valence-corrected chi connectivity index (χ3v) is 6.68. The number of hydrogen-bond donors (Lipinski definition) is 0. The Balaban J connectivity index is 1.55. The van der Waals surface area contributed by atoms with Crippen molar-refractivity contribution in [3.8, 4) is 5.75 Å². The quantitative estimate of drug-likeness (QED) is 0.809. The lowest BCUT2D eigenvalue weighted by Gasteiger charge is -2.50. The van der Waals surface area contributed by atoms with Crippen LogP contribution in [0.4, 0.5) is 5.69 Å². The van der Waals surface area contributed by atoms with Crippen LogP contribution in [-0.2, 0) is 0 Å². The molecule has 3 atom stereocenters. The molecule has 1 aromatic carbocycles. The van der Waals surface area contributed by atoms with E-state index in [-0.39, 0.29) is 6.23 Å². The van der Waals surface area contributed by atoms with Crippen molar-refractivity contribution < 1.29 is 9.26 Å². The van der Waals surface area contributed by atoms with Gasteiger partial charge >= 0.3 is 0 Å². The van der Waals surface area contributed by atoms with E-state index in [9.17, 15) is 0 Å². The number of para-hydroxylation sites is 2. The van der Waals surface area contributed by atoms with Gasteiger partial charge in [-0.25, -0.2) is 0 Å². The van der Waals surface area contributed by atoms with Crippen LogP contribution in [0.15, 0.2) is 28.8 Å². The van der Waals surface area contributed by atoms with Crippen molar-refractivity contribution >= 4 is 5.69 Å². The van der Waals surface area contributed by atoms with E-state index in [0.717, 1.165) is 22.8 Å². The number of aryl methyl sites for hydroxylation is 2. The van der Waals surface area contributed by atoms with Crippen LogP contribution in [0.3, 0.4) is 0 Å². The Bertz CT molecular complexity index is 784. The Kier molecular flexibility index (Phi) is 3.74. The molecule has 3 aliphatic heterocycles. The monoisotopic (exact) mass is 353 g/mol. The molecule has 2 bridgehead atoms. The fraction of sp³-hybridized carbons (Fsp3) is 0.571. The lowest BCUT2D eigenvalue weighted by Crippen LogP contribution is -2.55. The van der Waals surface area contributed by atoms with Crippen LogP contribution in [0.1, 0.15) is 55.3 Å². The van der Waals surface area contributed by atoms with Crippen LogP contribution >= 0.6 is 0 Å². The smallest absolute Gasteiger partial charge is 0.204 e. The van der Waals surface area contributed by atoms with Crippen molar-refractivity contribution in [3.63, 3.8) is 0 Å². The van der Waals surface area contributed by atoms with Gasteiger partial charge in [-0.05, 0) is 58.7 Å². The lowest BCUT2D eigenvalue weighted by atomic mass is 9.81. The SMILES string of the molecule is Cc1noc(C)c1C1Oc2ccccc2N1C1CC2CCCC(C1)N2C. The first-order valence-corrected chi connectivity index (χ1v) is 9.82. The number of nitrogens with zero attached hydrogens (tertiary/aromatic N) is 3. The van der Waals surface area contributed by atoms with E-state index in [4.69, 9.17) is 9.26 Å². The highest BCUT2D eigenvalue weighted by Crippen LogP contribution is 2.49. The molecular weight excluding hydrogens is 326 g/mol. The van der Waals surface area contributed by atoms with Gasteiger partial charge in [0.05, 0.1) is 16.9 Å². The number of fused-ring (bicyclic) bond motifs is 3. The number of benzene rings is 1. The zero-order valence-electron chi connectivity index (χ0n) is 15.8. The average Bonchev–Trinajstić information content (AvgIpc) is 3.14. The van der Waals surface area contributed by atoms with Crippen molar-refractivity contribution in [1.29, 1.82) is 0 Å². The average molecular weight is 353 g/mol. The van der Waals surface area contributed by atoms with E-state index < -0.39 is 0 Å². The number of ether oxygens (including phenoxy) is 1. The Morgan fingerprint density at radius 2 is 1.77 bits per heavy atom. The Labute approximate surface area is 154 Å². The van der Waals surface area contributed by atoms with Crippen LogP contribution < -0.4 is 9.64 Å². The van der Waals surface area contributed by atoms with E-state index in [1.165, 1.54) is 37.8 Å². The minimum absolute atomic E-state index is 0.132. The molecule has 3 unspecified atom stereocenters. The molecule has 26 heavy (non-hydrogen) atoms. The fourth-order valence-electron chi connectivity index (χ4n) is 5.32. The van der Waals surface area contributed by atoms with Gasteiger partial charge in [0.15, 0.2) is 0 Å². The van der Waals surface area contributed by atoms with Gasteiger partial charge in [-0.1, -0.05) is 23.7 Å². The van der Waals surface area contributed by atoms with Gasteiger partial charge in [-0.3, -0.25) is 0 Å². The summed E-state index contributed by atoms with van der Waals surface area (Å²) in [6, 6.07) is 10.3. The zero-order valence-corrected chi connectivity index (χ0v) is 15.8. The fourth-order valence-corrected chi connectivity index (χ4v) is 5.32. The normalized spacial score (nSPS) is 31.0. The second-order valence-electron chi connectivity index (χ2n) is 8.11. The molecule has 0 amide bonds. The number of hydrogen-bond acceptors (Lipinski definition) is 5. The number of piperidine rings is 2. The highest BCUT2D eigenvalue weighted by Gasteiger charge is 2.45. The summed E-state index contributed by atoms with van der Waals surface area (Å²) >= 11 is 0. The molecule has 5 rings (SSSR count). The van der Waals surface area contributed by atoms with Crippen LogP contribution in [-0.4, -0.2) is 35.2 Å². The number of rotatable bonds is 2. The van der Waals surface area contributed by atoms with Gasteiger partial charge in [-0.15, -0.1) is 0 Å². The second-order valence-corrected chi connectivity index (χ2v) is 8.11. The molecule has 2 saturated heterocycles.